The molecule has 0 saturated carbocycles. The van der Waals surface area contributed by atoms with Crippen molar-refractivity contribution in [1.82, 2.24) is 10.3 Å². The molecule has 8 nitrogen and oxygen atoms in total. The van der Waals surface area contributed by atoms with Crippen molar-refractivity contribution in [1.29, 1.82) is 0 Å². The number of aromatic nitrogens is 1. The number of pyridine rings is 1. The van der Waals surface area contributed by atoms with E-state index >= 15 is 0 Å². The van der Waals surface area contributed by atoms with Gasteiger partial charge in [0.05, 0.1) is 12.7 Å². The summed E-state index contributed by atoms with van der Waals surface area (Å²) in [5.74, 6) is -1.90. The van der Waals surface area contributed by atoms with E-state index in [1.54, 1.807) is 32.0 Å². The first kappa shape index (κ1) is 27.6. The number of carbonyl (C=O) groups excluding carboxylic acids is 1. The number of hydrogen-bond donors (Lipinski definition) is 2. The predicted octanol–water partition coefficient (Wildman–Crippen LogP) is 5.34. The number of alkyl halides is 3. The second-order valence-corrected chi connectivity index (χ2v) is 8.93. The SMILES string of the molecule is CCC(C)(C)[C@H](NC(=O)c1ccc2ccc(OC)nc2c1OCc1ccc(OC(F)(F)F)cc1)C(=O)O. The van der Waals surface area contributed by atoms with Gasteiger partial charge >= 0.3 is 12.3 Å². The van der Waals surface area contributed by atoms with Crippen molar-refractivity contribution in [2.75, 3.05) is 7.11 Å². The van der Waals surface area contributed by atoms with E-state index in [2.05, 4.69) is 15.0 Å². The largest absolute Gasteiger partial charge is 0.573 e. The molecule has 198 valence electrons. The van der Waals surface area contributed by atoms with Gasteiger partial charge in [0.2, 0.25) is 5.88 Å². The number of carboxylic acid groups (broad SMARTS) is 1. The number of carbonyl (C=O) groups is 2. The van der Waals surface area contributed by atoms with E-state index in [9.17, 15) is 27.9 Å². The zero-order valence-corrected chi connectivity index (χ0v) is 20.7. The number of carboxylic acids is 1. The predicted molar refractivity (Wildman–Crippen MR) is 129 cm³/mol. The fraction of sp³-hybridized carbons (Fsp3) is 0.346. The van der Waals surface area contributed by atoms with Crippen LogP contribution >= 0.6 is 0 Å². The molecule has 0 aliphatic heterocycles. The van der Waals surface area contributed by atoms with E-state index < -0.39 is 29.7 Å². The zero-order valence-electron chi connectivity index (χ0n) is 20.7. The number of nitrogens with zero attached hydrogens (tertiary/aromatic N) is 1. The van der Waals surface area contributed by atoms with E-state index in [0.717, 1.165) is 12.1 Å². The van der Waals surface area contributed by atoms with Crippen LogP contribution in [0.15, 0.2) is 48.5 Å². The molecule has 0 bridgehead atoms. The third-order valence-electron chi connectivity index (χ3n) is 6.00. The Morgan fingerprint density at radius 1 is 1.05 bits per heavy atom. The van der Waals surface area contributed by atoms with E-state index in [-0.39, 0.29) is 29.5 Å². The summed E-state index contributed by atoms with van der Waals surface area (Å²) in [6.45, 7) is 5.19. The Kier molecular flexibility index (Phi) is 8.15. The molecule has 0 saturated heterocycles. The minimum Gasteiger partial charge on any atom is -0.486 e. The van der Waals surface area contributed by atoms with E-state index in [0.29, 0.717) is 22.9 Å². The number of rotatable bonds is 10. The highest BCUT2D eigenvalue weighted by Crippen LogP contribution is 2.32. The summed E-state index contributed by atoms with van der Waals surface area (Å²) in [5.41, 5.74) is 0.103. The molecular weight excluding hydrogens is 493 g/mol. The standard InChI is InChI=1S/C26H27F3N2O6/c1-5-25(2,3)22(24(33)34)31-23(32)18-12-8-16-9-13-19(35-4)30-20(16)21(18)36-14-15-6-10-17(11-7-15)37-26(27,28)29/h6-13,22H,5,14H2,1-4H3,(H,31,32)(H,33,34)/t22-/m1/s1. The fourth-order valence-corrected chi connectivity index (χ4v) is 3.53. The Balaban J connectivity index is 1.97. The minimum atomic E-state index is -4.81. The van der Waals surface area contributed by atoms with Crippen molar-refractivity contribution >= 4 is 22.8 Å². The van der Waals surface area contributed by atoms with Gasteiger partial charge in [0.1, 0.15) is 23.9 Å². The number of fused-ring (bicyclic) bond motifs is 1. The van der Waals surface area contributed by atoms with E-state index in [1.807, 2.05) is 6.92 Å². The Morgan fingerprint density at radius 3 is 2.27 bits per heavy atom. The third-order valence-corrected chi connectivity index (χ3v) is 6.00. The summed E-state index contributed by atoms with van der Waals surface area (Å²) in [7, 11) is 1.43. The minimum absolute atomic E-state index is 0.0448. The summed E-state index contributed by atoms with van der Waals surface area (Å²) in [4.78, 5) is 29.6. The lowest BCUT2D eigenvalue weighted by molar-refractivity contribution is -0.274. The van der Waals surface area contributed by atoms with Crippen molar-refractivity contribution in [3.63, 3.8) is 0 Å². The monoisotopic (exact) mass is 520 g/mol. The number of hydrogen-bond acceptors (Lipinski definition) is 6. The highest BCUT2D eigenvalue weighted by molar-refractivity contribution is 6.04. The molecule has 1 aromatic heterocycles. The van der Waals surface area contributed by atoms with Crippen molar-refractivity contribution < 1.29 is 42.1 Å². The van der Waals surface area contributed by atoms with Crippen LogP contribution in [0.2, 0.25) is 0 Å². The fourth-order valence-electron chi connectivity index (χ4n) is 3.53. The van der Waals surface area contributed by atoms with Crippen LogP contribution in [0.25, 0.3) is 10.9 Å². The lowest BCUT2D eigenvalue weighted by atomic mass is 9.81. The van der Waals surface area contributed by atoms with Crippen LogP contribution in [-0.2, 0) is 11.4 Å². The van der Waals surface area contributed by atoms with Crippen molar-refractivity contribution in [2.24, 2.45) is 5.41 Å². The lowest BCUT2D eigenvalue weighted by Crippen LogP contribution is -2.50. The van der Waals surface area contributed by atoms with Gasteiger partial charge < -0.3 is 24.6 Å². The van der Waals surface area contributed by atoms with E-state index in [1.165, 1.54) is 25.3 Å². The molecule has 2 N–H and O–H groups in total. The topological polar surface area (TPSA) is 107 Å². The Morgan fingerprint density at radius 2 is 1.70 bits per heavy atom. The number of halogens is 3. The average molecular weight is 521 g/mol. The van der Waals surface area contributed by atoms with E-state index in [4.69, 9.17) is 9.47 Å². The van der Waals surface area contributed by atoms with Gasteiger partial charge in [0, 0.05) is 11.5 Å². The van der Waals surface area contributed by atoms with Gasteiger partial charge in [-0.3, -0.25) is 4.79 Å². The molecule has 0 fully saturated rings. The van der Waals surface area contributed by atoms with Crippen molar-refractivity contribution in [2.45, 2.75) is 46.2 Å². The van der Waals surface area contributed by atoms with Gasteiger partial charge in [-0.15, -0.1) is 13.2 Å². The number of ether oxygens (including phenoxy) is 3. The summed E-state index contributed by atoms with van der Waals surface area (Å²) in [5, 5.41) is 12.9. The molecule has 0 aliphatic carbocycles. The summed E-state index contributed by atoms with van der Waals surface area (Å²) in [6.07, 6.45) is -4.31. The molecule has 1 atom stereocenters. The summed E-state index contributed by atoms with van der Waals surface area (Å²) in [6, 6.07) is 10.4. The Bertz CT molecular complexity index is 1280. The molecule has 0 aliphatic rings. The molecule has 0 spiro atoms. The molecule has 2 aromatic carbocycles. The van der Waals surface area contributed by atoms with Gasteiger partial charge in [-0.05, 0) is 41.7 Å². The van der Waals surface area contributed by atoms with Gasteiger partial charge in [0.25, 0.3) is 5.91 Å². The van der Waals surface area contributed by atoms with Crippen LogP contribution < -0.4 is 19.5 Å². The molecule has 11 heteroatoms. The smallest absolute Gasteiger partial charge is 0.486 e. The molecule has 1 amide bonds. The number of benzene rings is 2. The second kappa shape index (κ2) is 10.9. The first-order valence-corrected chi connectivity index (χ1v) is 11.3. The maximum absolute atomic E-state index is 13.3. The molecule has 0 unspecified atom stereocenters. The first-order valence-electron chi connectivity index (χ1n) is 11.3. The van der Waals surface area contributed by atoms with Gasteiger partial charge in [-0.25, -0.2) is 9.78 Å². The maximum Gasteiger partial charge on any atom is 0.573 e. The number of nitrogens with one attached hydrogen (secondary N) is 1. The van der Waals surface area contributed by atoms with Gasteiger partial charge in [-0.2, -0.15) is 0 Å². The maximum atomic E-state index is 13.3. The zero-order chi connectivity index (χ0) is 27.4. The average Bonchev–Trinajstić information content (AvgIpc) is 2.84. The molecule has 0 radical (unpaired) electrons. The van der Waals surface area contributed by atoms with Gasteiger partial charge in [-0.1, -0.05) is 39.0 Å². The Labute approximate surface area is 211 Å². The number of methoxy groups -OCH3 is 1. The van der Waals surface area contributed by atoms with Crippen LogP contribution in [0.4, 0.5) is 13.2 Å². The molecule has 1 heterocycles. The van der Waals surface area contributed by atoms with Crippen LogP contribution in [-0.4, -0.2) is 41.5 Å². The van der Waals surface area contributed by atoms with Gasteiger partial charge in [0.15, 0.2) is 5.75 Å². The molecular formula is C26H27F3N2O6. The Hall–Kier alpha value is -4.02. The van der Waals surface area contributed by atoms with Crippen LogP contribution in [0.3, 0.4) is 0 Å². The van der Waals surface area contributed by atoms with Crippen LogP contribution in [0.1, 0.15) is 43.1 Å². The number of amides is 1. The molecule has 3 aromatic rings. The number of aliphatic carboxylic acids is 1. The molecule has 37 heavy (non-hydrogen) atoms. The van der Waals surface area contributed by atoms with Crippen LogP contribution in [0.5, 0.6) is 17.4 Å². The van der Waals surface area contributed by atoms with Crippen LogP contribution in [0, 0.1) is 5.41 Å². The molecule has 3 rings (SSSR count). The highest BCUT2D eigenvalue weighted by Gasteiger charge is 2.36. The summed E-state index contributed by atoms with van der Waals surface area (Å²) < 4.78 is 52.4. The second-order valence-electron chi connectivity index (χ2n) is 8.93. The third kappa shape index (κ3) is 6.81. The summed E-state index contributed by atoms with van der Waals surface area (Å²) >= 11 is 0. The van der Waals surface area contributed by atoms with Crippen molar-refractivity contribution in [3.8, 4) is 17.4 Å². The highest BCUT2D eigenvalue weighted by atomic mass is 19.4. The van der Waals surface area contributed by atoms with Crippen molar-refractivity contribution in [3.05, 3.63) is 59.7 Å². The normalized spacial score (nSPS) is 12.6. The lowest BCUT2D eigenvalue weighted by Gasteiger charge is -2.31. The first-order chi connectivity index (χ1) is 17.3. The quantitative estimate of drug-likeness (QED) is 0.372.